The van der Waals surface area contributed by atoms with Gasteiger partial charge in [0, 0.05) is 30.0 Å². The van der Waals surface area contributed by atoms with Gasteiger partial charge in [0.05, 0.1) is 10.6 Å². The Bertz CT molecular complexity index is 651. The zero-order valence-electron chi connectivity index (χ0n) is 11.5. The number of carbonyl (C=O) groups excluding carboxylic acids is 1. The summed E-state index contributed by atoms with van der Waals surface area (Å²) in [5, 5.41) is -0.653. The fourth-order valence-corrected chi connectivity index (χ4v) is 5.23. The molecular formula is C12H16ClN3O3S2. The summed E-state index contributed by atoms with van der Waals surface area (Å²) < 4.78 is 24.4. The number of pyridine rings is 1. The molecule has 1 atom stereocenters. The molecule has 0 aromatic carbocycles. The van der Waals surface area contributed by atoms with E-state index >= 15 is 0 Å². The molecule has 0 bridgehead atoms. The van der Waals surface area contributed by atoms with Crippen molar-refractivity contribution in [3.05, 3.63) is 22.8 Å². The fraction of sp³-hybridized carbons (Fsp3) is 0.500. The van der Waals surface area contributed by atoms with Crippen molar-refractivity contribution in [3.63, 3.8) is 0 Å². The minimum Gasteiger partial charge on any atom is -0.384 e. The average Bonchev–Trinajstić information content (AvgIpc) is 2.49. The molecule has 1 aromatic heterocycles. The van der Waals surface area contributed by atoms with Gasteiger partial charge >= 0.3 is 0 Å². The van der Waals surface area contributed by atoms with Crippen molar-refractivity contribution in [2.45, 2.75) is 12.3 Å². The molecule has 0 saturated carbocycles. The number of aromatic nitrogens is 1. The van der Waals surface area contributed by atoms with Gasteiger partial charge in [-0.1, -0.05) is 18.5 Å². The van der Waals surface area contributed by atoms with E-state index in [-0.39, 0.29) is 22.2 Å². The number of hydrogen-bond donors (Lipinski definition) is 1. The first-order valence-electron chi connectivity index (χ1n) is 6.38. The van der Waals surface area contributed by atoms with Crippen molar-refractivity contribution in [2.75, 3.05) is 29.5 Å². The zero-order chi connectivity index (χ0) is 15.6. The van der Waals surface area contributed by atoms with Crippen LogP contribution in [0.2, 0.25) is 5.02 Å². The van der Waals surface area contributed by atoms with Gasteiger partial charge in [-0.15, -0.1) is 0 Å². The maximum absolute atomic E-state index is 12.6. The minimum absolute atomic E-state index is 0.00573. The molecule has 1 unspecified atom stereocenters. The molecule has 1 saturated heterocycles. The standard InChI is InChI=1S/C12H16ClN3O3S2/c1-2-21(18,19)11-7-20-4-3-16(11)12(17)8-5-10(14)15-6-9(8)13/h5-6,11H,2-4,7H2,1H3,(H2,14,15). The highest BCUT2D eigenvalue weighted by Crippen LogP contribution is 2.26. The Morgan fingerprint density at radius 1 is 1.62 bits per heavy atom. The topological polar surface area (TPSA) is 93.4 Å². The van der Waals surface area contributed by atoms with Crippen molar-refractivity contribution in [3.8, 4) is 0 Å². The van der Waals surface area contributed by atoms with Gasteiger partial charge in [0.1, 0.15) is 11.2 Å². The van der Waals surface area contributed by atoms with Crippen molar-refractivity contribution in [1.29, 1.82) is 0 Å². The SMILES string of the molecule is CCS(=O)(=O)C1CSCCN1C(=O)c1cc(N)ncc1Cl. The second-order valence-corrected chi connectivity index (χ2v) is 8.57. The number of nitrogens with two attached hydrogens (primary N) is 1. The summed E-state index contributed by atoms with van der Waals surface area (Å²) >= 11 is 7.51. The van der Waals surface area contributed by atoms with Crippen LogP contribution >= 0.6 is 23.4 Å². The Kier molecular flexibility index (Phi) is 5.00. The highest BCUT2D eigenvalue weighted by molar-refractivity contribution is 8.01. The van der Waals surface area contributed by atoms with Crippen LogP contribution in [0.15, 0.2) is 12.3 Å². The first-order valence-corrected chi connectivity index (χ1v) is 9.63. The second-order valence-electron chi connectivity index (χ2n) is 4.57. The van der Waals surface area contributed by atoms with Gasteiger partial charge in [0.25, 0.3) is 5.91 Å². The average molecular weight is 350 g/mol. The van der Waals surface area contributed by atoms with Crippen LogP contribution in [-0.4, -0.2) is 53.4 Å². The number of rotatable bonds is 3. The van der Waals surface area contributed by atoms with Crippen molar-refractivity contribution < 1.29 is 13.2 Å². The minimum atomic E-state index is -3.35. The van der Waals surface area contributed by atoms with E-state index in [1.807, 2.05) is 0 Å². The Labute approximate surface area is 133 Å². The number of hydrogen-bond acceptors (Lipinski definition) is 6. The Morgan fingerprint density at radius 3 is 3.00 bits per heavy atom. The largest absolute Gasteiger partial charge is 0.384 e. The van der Waals surface area contributed by atoms with E-state index in [4.69, 9.17) is 17.3 Å². The Morgan fingerprint density at radius 2 is 2.33 bits per heavy atom. The lowest BCUT2D eigenvalue weighted by atomic mass is 10.2. The van der Waals surface area contributed by atoms with Gasteiger partial charge < -0.3 is 10.6 Å². The molecule has 21 heavy (non-hydrogen) atoms. The van der Waals surface area contributed by atoms with Crippen LogP contribution in [0.1, 0.15) is 17.3 Å². The molecule has 2 N–H and O–H groups in total. The van der Waals surface area contributed by atoms with Crippen molar-refractivity contribution in [2.24, 2.45) is 0 Å². The predicted octanol–water partition coefficient (Wildman–Crippen LogP) is 1.27. The summed E-state index contributed by atoms with van der Waals surface area (Å²) in [5.74, 6) is 0.814. The molecule has 6 nitrogen and oxygen atoms in total. The first kappa shape index (κ1) is 16.4. The van der Waals surface area contributed by atoms with Gasteiger partial charge in [-0.2, -0.15) is 11.8 Å². The zero-order valence-corrected chi connectivity index (χ0v) is 13.8. The lowest BCUT2D eigenvalue weighted by molar-refractivity contribution is 0.0749. The summed E-state index contributed by atoms with van der Waals surface area (Å²) in [7, 11) is -3.35. The summed E-state index contributed by atoms with van der Waals surface area (Å²) in [5.41, 5.74) is 5.77. The van der Waals surface area contributed by atoms with Crippen LogP contribution in [-0.2, 0) is 9.84 Å². The molecule has 0 spiro atoms. The third-order valence-electron chi connectivity index (χ3n) is 3.27. The Hall–Kier alpha value is -0.990. The quantitative estimate of drug-likeness (QED) is 0.883. The van der Waals surface area contributed by atoms with Crippen LogP contribution in [0.5, 0.6) is 0 Å². The molecule has 0 radical (unpaired) electrons. The van der Waals surface area contributed by atoms with Gasteiger partial charge in [0.2, 0.25) is 0 Å². The van der Waals surface area contributed by atoms with E-state index in [1.165, 1.54) is 28.9 Å². The number of carbonyl (C=O) groups is 1. The first-order chi connectivity index (χ1) is 9.86. The van der Waals surface area contributed by atoms with Crippen LogP contribution in [0.3, 0.4) is 0 Å². The van der Waals surface area contributed by atoms with Crippen molar-refractivity contribution in [1.82, 2.24) is 9.88 Å². The molecule has 2 heterocycles. The molecule has 1 fully saturated rings. The highest BCUT2D eigenvalue weighted by Gasteiger charge is 2.36. The van der Waals surface area contributed by atoms with Gasteiger partial charge in [-0.25, -0.2) is 13.4 Å². The summed E-state index contributed by atoms with van der Waals surface area (Å²) in [6.07, 6.45) is 1.30. The van der Waals surface area contributed by atoms with E-state index in [2.05, 4.69) is 4.98 Å². The number of sulfone groups is 1. The van der Waals surface area contributed by atoms with Crippen LogP contribution in [0.4, 0.5) is 5.82 Å². The maximum atomic E-state index is 12.6. The van der Waals surface area contributed by atoms with Crippen LogP contribution in [0, 0.1) is 0 Å². The molecular weight excluding hydrogens is 334 g/mol. The molecule has 1 aliphatic rings. The normalized spacial score (nSPS) is 19.5. The fourth-order valence-electron chi connectivity index (χ4n) is 2.08. The molecule has 2 rings (SSSR count). The summed E-state index contributed by atoms with van der Waals surface area (Å²) in [6, 6.07) is 1.38. The van der Waals surface area contributed by atoms with Gasteiger partial charge in [-0.3, -0.25) is 4.79 Å². The highest BCUT2D eigenvalue weighted by atomic mass is 35.5. The monoisotopic (exact) mass is 349 g/mol. The molecule has 1 aliphatic heterocycles. The number of halogens is 1. The molecule has 1 amide bonds. The lowest BCUT2D eigenvalue weighted by Gasteiger charge is -2.34. The molecule has 116 valence electrons. The van der Waals surface area contributed by atoms with Crippen LogP contribution < -0.4 is 5.73 Å². The van der Waals surface area contributed by atoms with E-state index in [1.54, 1.807) is 6.92 Å². The third-order valence-corrected chi connectivity index (χ3v) is 6.86. The molecule has 1 aromatic rings. The number of thioether (sulfide) groups is 1. The van der Waals surface area contributed by atoms with E-state index < -0.39 is 21.1 Å². The lowest BCUT2D eigenvalue weighted by Crippen LogP contribution is -2.50. The number of nitrogen functional groups attached to an aromatic ring is 1. The van der Waals surface area contributed by atoms with Crippen LogP contribution in [0.25, 0.3) is 0 Å². The Balaban J connectivity index is 2.37. The third kappa shape index (κ3) is 3.44. The van der Waals surface area contributed by atoms with Gasteiger partial charge in [0.15, 0.2) is 9.84 Å². The van der Waals surface area contributed by atoms with E-state index in [9.17, 15) is 13.2 Å². The predicted molar refractivity (Wildman–Crippen MR) is 85.3 cm³/mol. The molecule has 9 heteroatoms. The number of anilines is 1. The van der Waals surface area contributed by atoms with Crippen molar-refractivity contribution >= 4 is 44.9 Å². The van der Waals surface area contributed by atoms with E-state index in [0.29, 0.717) is 18.1 Å². The smallest absolute Gasteiger partial charge is 0.256 e. The second kappa shape index (κ2) is 6.41. The molecule has 0 aliphatic carbocycles. The number of nitrogens with zero attached hydrogens (tertiary/aromatic N) is 2. The number of amides is 1. The maximum Gasteiger partial charge on any atom is 0.256 e. The summed E-state index contributed by atoms with van der Waals surface area (Å²) in [6.45, 7) is 1.95. The van der Waals surface area contributed by atoms with Gasteiger partial charge in [-0.05, 0) is 6.07 Å². The van der Waals surface area contributed by atoms with E-state index in [0.717, 1.165) is 0 Å². The summed E-state index contributed by atoms with van der Waals surface area (Å²) in [4.78, 5) is 17.8.